The number of hydrogen-bond donors (Lipinski definition) is 1. The van der Waals surface area contributed by atoms with Gasteiger partial charge >= 0.3 is 0 Å². The molecule has 3 rings (SSSR count). The maximum absolute atomic E-state index is 13.8. The number of hydrogen-bond acceptors (Lipinski definition) is 4. The Labute approximate surface area is 162 Å². The van der Waals surface area contributed by atoms with Gasteiger partial charge in [0.25, 0.3) is 5.91 Å². The van der Waals surface area contributed by atoms with E-state index in [1.165, 1.54) is 29.6 Å². The van der Waals surface area contributed by atoms with E-state index >= 15 is 0 Å². The second kappa shape index (κ2) is 8.24. The minimum atomic E-state index is -3.87. The Bertz CT molecular complexity index is 969. The van der Waals surface area contributed by atoms with Gasteiger partial charge in [-0.05, 0) is 43.2 Å². The highest BCUT2D eigenvalue weighted by atomic mass is 32.2. The van der Waals surface area contributed by atoms with Gasteiger partial charge in [0.15, 0.2) is 0 Å². The molecule has 2 aromatic rings. The first-order chi connectivity index (χ1) is 13.3. The number of benzene rings is 2. The van der Waals surface area contributed by atoms with Crippen LogP contribution < -0.4 is 10.1 Å². The van der Waals surface area contributed by atoms with Crippen molar-refractivity contribution in [1.29, 1.82) is 0 Å². The van der Waals surface area contributed by atoms with Gasteiger partial charge < -0.3 is 10.1 Å². The molecule has 28 heavy (non-hydrogen) atoms. The van der Waals surface area contributed by atoms with E-state index in [-0.39, 0.29) is 16.2 Å². The minimum Gasteiger partial charge on any atom is -0.495 e. The summed E-state index contributed by atoms with van der Waals surface area (Å²) in [4.78, 5) is 12.3. The zero-order valence-electron chi connectivity index (χ0n) is 15.2. The highest BCUT2D eigenvalue weighted by Crippen LogP contribution is 2.30. The molecule has 1 aliphatic rings. The van der Waals surface area contributed by atoms with E-state index in [2.05, 4.69) is 5.32 Å². The Hall–Kier alpha value is -2.52. The molecule has 1 N–H and O–H groups in total. The number of rotatable bonds is 5. The van der Waals surface area contributed by atoms with Crippen molar-refractivity contribution in [3.63, 3.8) is 0 Å². The summed E-state index contributed by atoms with van der Waals surface area (Å²) in [6.07, 6.45) is 2.47. The zero-order chi connectivity index (χ0) is 20.3. The second-order valence-electron chi connectivity index (χ2n) is 6.38. The monoisotopic (exact) mass is 410 g/mol. The quantitative estimate of drug-likeness (QED) is 0.820. The van der Waals surface area contributed by atoms with Crippen molar-refractivity contribution in [2.24, 2.45) is 0 Å². The van der Waals surface area contributed by atoms with E-state index in [9.17, 15) is 22.0 Å². The molecule has 1 saturated heterocycles. The van der Waals surface area contributed by atoms with Crippen molar-refractivity contribution in [2.75, 3.05) is 25.5 Å². The summed E-state index contributed by atoms with van der Waals surface area (Å²) in [5, 5.41) is 2.15. The van der Waals surface area contributed by atoms with E-state index in [0.29, 0.717) is 13.1 Å². The zero-order valence-corrected chi connectivity index (χ0v) is 16.1. The number of anilines is 1. The van der Waals surface area contributed by atoms with Crippen LogP contribution in [0, 0.1) is 11.6 Å². The van der Waals surface area contributed by atoms with Crippen LogP contribution in [0.15, 0.2) is 41.3 Å². The smallest absolute Gasteiger partial charge is 0.255 e. The lowest BCUT2D eigenvalue weighted by molar-refractivity contribution is 0.102. The molecular weight excluding hydrogens is 390 g/mol. The van der Waals surface area contributed by atoms with Crippen LogP contribution in [0.1, 0.15) is 29.6 Å². The summed E-state index contributed by atoms with van der Waals surface area (Å²) >= 11 is 0. The van der Waals surface area contributed by atoms with Crippen molar-refractivity contribution in [3.05, 3.63) is 53.6 Å². The molecule has 1 fully saturated rings. The molecule has 6 nitrogen and oxygen atoms in total. The minimum absolute atomic E-state index is 0.0564. The maximum atomic E-state index is 13.8. The lowest BCUT2D eigenvalue weighted by atomic mass is 10.2. The predicted molar refractivity (Wildman–Crippen MR) is 99.9 cm³/mol. The van der Waals surface area contributed by atoms with Gasteiger partial charge in [0.2, 0.25) is 10.0 Å². The number of methoxy groups -OCH3 is 1. The van der Waals surface area contributed by atoms with Crippen LogP contribution in [0.25, 0.3) is 0 Å². The van der Waals surface area contributed by atoms with Crippen LogP contribution in [-0.4, -0.2) is 38.8 Å². The largest absolute Gasteiger partial charge is 0.495 e. The molecule has 0 bridgehead atoms. The van der Waals surface area contributed by atoms with E-state index in [4.69, 9.17) is 4.74 Å². The van der Waals surface area contributed by atoms with Gasteiger partial charge in [0.05, 0.1) is 7.11 Å². The average molecular weight is 410 g/mol. The molecule has 0 radical (unpaired) electrons. The van der Waals surface area contributed by atoms with Crippen LogP contribution in [0.5, 0.6) is 5.75 Å². The molecule has 0 unspecified atom stereocenters. The summed E-state index contributed by atoms with van der Waals surface area (Å²) in [6.45, 7) is 0.782. The highest BCUT2D eigenvalue weighted by Gasteiger charge is 2.30. The van der Waals surface area contributed by atoms with Gasteiger partial charge in [-0.25, -0.2) is 17.2 Å². The predicted octanol–water partition coefficient (Wildman–Crippen LogP) is 3.40. The number of amides is 1. The Kier molecular flexibility index (Phi) is 5.95. The molecule has 1 amide bonds. The van der Waals surface area contributed by atoms with Crippen molar-refractivity contribution in [3.8, 4) is 5.75 Å². The maximum Gasteiger partial charge on any atom is 0.255 e. The van der Waals surface area contributed by atoms with E-state index < -0.39 is 33.3 Å². The van der Waals surface area contributed by atoms with Crippen molar-refractivity contribution in [1.82, 2.24) is 4.31 Å². The Morgan fingerprint density at radius 2 is 1.71 bits per heavy atom. The third-order valence-corrected chi connectivity index (χ3v) is 6.48. The molecule has 9 heteroatoms. The van der Waals surface area contributed by atoms with Crippen LogP contribution >= 0.6 is 0 Å². The van der Waals surface area contributed by atoms with Crippen molar-refractivity contribution < 1.29 is 26.7 Å². The van der Waals surface area contributed by atoms with Gasteiger partial charge in [-0.1, -0.05) is 12.5 Å². The van der Waals surface area contributed by atoms with Crippen molar-refractivity contribution >= 4 is 21.6 Å². The van der Waals surface area contributed by atoms with Crippen molar-refractivity contribution in [2.45, 2.75) is 24.2 Å². The van der Waals surface area contributed by atoms with Crippen LogP contribution in [0.2, 0.25) is 0 Å². The molecule has 1 heterocycles. The number of piperidine rings is 1. The van der Waals surface area contributed by atoms with Gasteiger partial charge in [-0.15, -0.1) is 0 Å². The summed E-state index contributed by atoms with van der Waals surface area (Å²) < 4.78 is 60.1. The molecule has 0 spiro atoms. The topological polar surface area (TPSA) is 75.7 Å². The number of nitrogens with zero attached hydrogens (tertiary/aromatic N) is 1. The third-order valence-electron chi connectivity index (χ3n) is 4.56. The number of halogens is 2. The standard InChI is InChI=1S/C19H20F2N2O4S/c1-27-16-9-8-13(19(24)22-18-14(20)6-5-7-15(18)21)12-17(16)28(25,26)23-10-3-2-4-11-23/h5-9,12H,2-4,10-11H2,1H3,(H,22,24). The summed E-state index contributed by atoms with van der Waals surface area (Å²) in [6, 6.07) is 7.05. The Balaban J connectivity index is 1.95. The van der Waals surface area contributed by atoms with Gasteiger partial charge in [0, 0.05) is 18.7 Å². The fourth-order valence-electron chi connectivity index (χ4n) is 3.07. The van der Waals surface area contributed by atoms with E-state index in [1.54, 1.807) is 0 Å². The molecule has 2 aromatic carbocycles. The van der Waals surface area contributed by atoms with Gasteiger partial charge in [0.1, 0.15) is 28.0 Å². The fourth-order valence-corrected chi connectivity index (χ4v) is 4.77. The van der Waals surface area contributed by atoms with E-state index in [0.717, 1.165) is 37.5 Å². The second-order valence-corrected chi connectivity index (χ2v) is 8.29. The van der Waals surface area contributed by atoms with E-state index in [1.807, 2.05) is 0 Å². The van der Waals surface area contributed by atoms with Gasteiger partial charge in [-0.3, -0.25) is 4.79 Å². The number of ether oxygens (including phenoxy) is 1. The molecule has 0 atom stereocenters. The summed E-state index contributed by atoms with van der Waals surface area (Å²) in [5.41, 5.74) is -0.650. The molecule has 1 aliphatic heterocycles. The van der Waals surface area contributed by atoms with Crippen LogP contribution in [0.4, 0.5) is 14.5 Å². The number of nitrogens with one attached hydrogen (secondary N) is 1. The Morgan fingerprint density at radius 1 is 1.07 bits per heavy atom. The average Bonchev–Trinajstić information content (AvgIpc) is 2.71. The number of carbonyl (C=O) groups excluding carboxylic acids is 1. The molecule has 0 aromatic heterocycles. The lowest BCUT2D eigenvalue weighted by Gasteiger charge is -2.26. The normalized spacial score (nSPS) is 15.2. The Morgan fingerprint density at radius 3 is 2.32 bits per heavy atom. The van der Waals surface area contributed by atoms with Crippen LogP contribution in [0.3, 0.4) is 0 Å². The molecular formula is C19H20F2N2O4S. The highest BCUT2D eigenvalue weighted by molar-refractivity contribution is 7.89. The summed E-state index contributed by atoms with van der Waals surface area (Å²) in [7, 11) is -2.54. The molecule has 0 saturated carbocycles. The first kappa shape index (κ1) is 20.2. The lowest BCUT2D eigenvalue weighted by Crippen LogP contribution is -2.35. The van der Waals surface area contributed by atoms with Crippen LogP contribution in [-0.2, 0) is 10.0 Å². The number of para-hydroxylation sites is 1. The molecule has 0 aliphatic carbocycles. The first-order valence-electron chi connectivity index (χ1n) is 8.78. The number of carbonyl (C=O) groups is 1. The summed E-state index contributed by atoms with van der Waals surface area (Å²) in [5.74, 6) is -2.59. The fraction of sp³-hybridized carbons (Fsp3) is 0.316. The SMILES string of the molecule is COc1ccc(C(=O)Nc2c(F)cccc2F)cc1S(=O)(=O)N1CCCCC1. The third kappa shape index (κ3) is 4.00. The van der Waals surface area contributed by atoms with Gasteiger partial charge in [-0.2, -0.15) is 4.31 Å². The molecule has 150 valence electrons. The first-order valence-corrected chi connectivity index (χ1v) is 10.2. The number of sulfonamides is 1.